The summed E-state index contributed by atoms with van der Waals surface area (Å²) in [5.74, 6) is 0.500. The molecule has 0 aliphatic carbocycles. The second kappa shape index (κ2) is 4.79. The molecule has 0 saturated carbocycles. The molecule has 1 aromatic carbocycles. The first-order chi connectivity index (χ1) is 9.82. The van der Waals surface area contributed by atoms with Crippen LogP contribution in [0.15, 0.2) is 33.6 Å². The van der Waals surface area contributed by atoms with Crippen LogP contribution in [-0.4, -0.2) is 50.5 Å². The second-order valence-electron chi connectivity index (χ2n) is 6.00. The summed E-state index contributed by atoms with van der Waals surface area (Å²) in [5.41, 5.74) is 5.98. The molecule has 3 rings (SSSR count). The zero-order chi connectivity index (χ0) is 15.3. The van der Waals surface area contributed by atoms with Crippen molar-refractivity contribution in [3.63, 3.8) is 0 Å². The van der Waals surface area contributed by atoms with E-state index in [0.717, 1.165) is 0 Å². The minimum Gasteiger partial charge on any atom is -0.367 e. The maximum atomic E-state index is 12.1. The molecular formula is C14H19N3O3S. The average Bonchev–Trinajstić information content (AvgIpc) is 2.70. The van der Waals surface area contributed by atoms with Crippen LogP contribution in [0.5, 0.6) is 0 Å². The van der Waals surface area contributed by atoms with E-state index in [-0.39, 0.29) is 11.0 Å². The van der Waals surface area contributed by atoms with Crippen LogP contribution < -0.4 is 5.73 Å². The number of fused-ring (bicyclic) bond motifs is 1. The van der Waals surface area contributed by atoms with Gasteiger partial charge in [-0.05, 0) is 26.0 Å². The molecule has 0 aromatic heterocycles. The third-order valence-corrected chi connectivity index (χ3v) is 4.98. The van der Waals surface area contributed by atoms with Gasteiger partial charge in [0.2, 0.25) is 0 Å². The monoisotopic (exact) mass is 309 g/mol. The van der Waals surface area contributed by atoms with Crippen molar-refractivity contribution in [1.82, 2.24) is 4.90 Å². The number of hydrogen-bond donors (Lipinski definition) is 1. The molecule has 0 amide bonds. The largest absolute Gasteiger partial charge is 0.367 e. The maximum Gasteiger partial charge on any atom is 0.285 e. The summed E-state index contributed by atoms with van der Waals surface area (Å²) in [6.45, 7) is 5.45. The molecule has 0 radical (unpaired) electrons. The minimum atomic E-state index is -3.59. The molecule has 2 heterocycles. The SMILES string of the molecule is CC1(C)CN(C2=NS(=O)(=O)c3ccccc32)CC(CN)O1. The summed E-state index contributed by atoms with van der Waals surface area (Å²) in [6, 6.07) is 6.91. The van der Waals surface area contributed by atoms with Gasteiger partial charge >= 0.3 is 0 Å². The third-order valence-electron chi connectivity index (χ3n) is 3.66. The van der Waals surface area contributed by atoms with Gasteiger partial charge in [0, 0.05) is 25.2 Å². The zero-order valence-corrected chi connectivity index (χ0v) is 12.9. The van der Waals surface area contributed by atoms with Crippen LogP contribution in [0.3, 0.4) is 0 Å². The fraction of sp³-hybridized carbons (Fsp3) is 0.500. The summed E-state index contributed by atoms with van der Waals surface area (Å²) in [6.07, 6.45) is -0.132. The zero-order valence-electron chi connectivity index (χ0n) is 12.1. The van der Waals surface area contributed by atoms with Gasteiger partial charge in [-0.2, -0.15) is 8.42 Å². The number of hydrogen-bond acceptors (Lipinski definition) is 5. The van der Waals surface area contributed by atoms with E-state index in [9.17, 15) is 8.42 Å². The number of nitrogens with zero attached hydrogens (tertiary/aromatic N) is 2. The molecular weight excluding hydrogens is 290 g/mol. The number of ether oxygens (including phenoxy) is 1. The number of nitrogens with two attached hydrogens (primary N) is 1. The molecule has 2 aliphatic rings. The lowest BCUT2D eigenvalue weighted by Gasteiger charge is -2.43. The van der Waals surface area contributed by atoms with E-state index in [2.05, 4.69) is 4.40 Å². The highest BCUT2D eigenvalue weighted by molar-refractivity contribution is 7.90. The highest BCUT2D eigenvalue weighted by Crippen LogP contribution is 2.30. The quantitative estimate of drug-likeness (QED) is 0.820. The summed E-state index contributed by atoms with van der Waals surface area (Å²) in [5, 5.41) is 0. The van der Waals surface area contributed by atoms with Crippen LogP contribution in [0.25, 0.3) is 0 Å². The Morgan fingerprint density at radius 2 is 2.14 bits per heavy atom. The summed E-state index contributed by atoms with van der Waals surface area (Å²) in [4.78, 5) is 2.23. The fourth-order valence-electron chi connectivity index (χ4n) is 2.90. The summed E-state index contributed by atoms with van der Waals surface area (Å²) in [7, 11) is -3.59. The number of rotatable bonds is 1. The van der Waals surface area contributed by atoms with Crippen LogP contribution >= 0.6 is 0 Å². The van der Waals surface area contributed by atoms with Gasteiger partial charge in [0.1, 0.15) is 4.90 Å². The number of sulfonamides is 1. The molecule has 1 fully saturated rings. The summed E-state index contributed by atoms with van der Waals surface area (Å²) < 4.78 is 34.1. The Labute approximate surface area is 124 Å². The van der Waals surface area contributed by atoms with Gasteiger partial charge in [-0.3, -0.25) is 0 Å². The first-order valence-corrected chi connectivity index (χ1v) is 8.34. The van der Waals surface area contributed by atoms with Gasteiger partial charge in [0.15, 0.2) is 5.84 Å². The fourth-order valence-corrected chi connectivity index (χ4v) is 4.12. The van der Waals surface area contributed by atoms with Crippen molar-refractivity contribution in [2.75, 3.05) is 19.6 Å². The van der Waals surface area contributed by atoms with E-state index in [4.69, 9.17) is 10.5 Å². The molecule has 2 aliphatic heterocycles. The van der Waals surface area contributed by atoms with Gasteiger partial charge in [-0.25, -0.2) is 0 Å². The van der Waals surface area contributed by atoms with Gasteiger partial charge in [0.05, 0.1) is 11.7 Å². The first-order valence-electron chi connectivity index (χ1n) is 6.90. The van der Waals surface area contributed by atoms with Gasteiger partial charge in [-0.15, -0.1) is 4.40 Å². The summed E-state index contributed by atoms with van der Waals surface area (Å²) >= 11 is 0. The van der Waals surface area contributed by atoms with Crippen LogP contribution in [0, 0.1) is 0 Å². The van der Waals surface area contributed by atoms with Crippen molar-refractivity contribution in [1.29, 1.82) is 0 Å². The normalized spacial score (nSPS) is 26.3. The lowest BCUT2D eigenvalue weighted by atomic mass is 10.0. The van der Waals surface area contributed by atoms with Gasteiger partial charge in [-0.1, -0.05) is 12.1 Å². The molecule has 2 N–H and O–H groups in total. The standard InChI is InChI=1S/C14H19N3O3S/c1-14(2)9-17(8-10(7-15)20-14)13-11-5-3-4-6-12(11)21(18,19)16-13/h3-6,10H,7-9,15H2,1-2H3. The van der Waals surface area contributed by atoms with Crippen LogP contribution in [0.1, 0.15) is 19.4 Å². The van der Waals surface area contributed by atoms with Crippen molar-refractivity contribution in [3.05, 3.63) is 29.8 Å². The highest BCUT2D eigenvalue weighted by atomic mass is 32.2. The van der Waals surface area contributed by atoms with Crippen molar-refractivity contribution < 1.29 is 13.2 Å². The Balaban J connectivity index is 2.01. The molecule has 114 valence electrons. The van der Waals surface area contributed by atoms with E-state index < -0.39 is 15.6 Å². The Kier molecular flexibility index (Phi) is 3.31. The van der Waals surface area contributed by atoms with Crippen LogP contribution in [-0.2, 0) is 14.8 Å². The first kappa shape index (κ1) is 14.5. The van der Waals surface area contributed by atoms with Crippen molar-refractivity contribution in [2.45, 2.75) is 30.4 Å². The molecule has 0 spiro atoms. The molecule has 6 nitrogen and oxygen atoms in total. The maximum absolute atomic E-state index is 12.1. The van der Waals surface area contributed by atoms with E-state index in [1.165, 1.54) is 0 Å². The van der Waals surface area contributed by atoms with Crippen LogP contribution in [0.2, 0.25) is 0 Å². The Hall–Kier alpha value is -1.44. The lowest BCUT2D eigenvalue weighted by molar-refractivity contribution is -0.116. The average molecular weight is 309 g/mol. The lowest BCUT2D eigenvalue weighted by Crippen LogP contribution is -2.56. The predicted octanol–water partition coefficient (Wildman–Crippen LogP) is 0.574. The molecule has 1 saturated heterocycles. The molecule has 21 heavy (non-hydrogen) atoms. The minimum absolute atomic E-state index is 0.132. The van der Waals surface area contributed by atoms with Gasteiger partial charge in [0.25, 0.3) is 10.0 Å². The number of benzene rings is 1. The topological polar surface area (TPSA) is 85.0 Å². The van der Waals surface area contributed by atoms with Crippen molar-refractivity contribution >= 4 is 15.9 Å². The van der Waals surface area contributed by atoms with E-state index in [1.54, 1.807) is 18.2 Å². The second-order valence-corrected chi connectivity index (χ2v) is 7.57. The van der Waals surface area contributed by atoms with Gasteiger partial charge < -0.3 is 15.4 Å². The molecule has 0 bridgehead atoms. The Morgan fingerprint density at radius 1 is 1.43 bits per heavy atom. The molecule has 1 aromatic rings. The van der Waals surface area contributed by atoms with E-state index in [1.807, 2.05) is 24.8 Å². The van der Waals surface area contributed by atoms with E-state index in [0.29, 0.717) is 31.0 Å². The number of amidine groups is 1. The third kappa shape index (κ3) is 2.56. The predicted molar refractivity (Wildman–Crippen MR) is 79.7 cm³/mol. The van der Waals surface area contributed by atoms with Crippen molar-refractivity contribution in [2.24, 2.45) is 10.1 Å². The molecule has 7 heteroatoms. The molecule has 1 unspecified atom stereocenters. The number of morpholine rings is 1. The molecule has 1 atom stereocenters. The highest BCUT2D eigenvalue weighted by Gasteiger charge is 2.38. The van der Waals surface area contributed by atoms with Crippen molar-refractivity contribution in [3.8, 4) is 0 Å². The van der Waals surface area contributed by atoms with Crippen LogP contribution in [0.4, 0.5) is 0 Å². The Morgan fingerprint density at radius 3 is 2.86 bits per heavy atom. The smallest absolute Gasteiger partial charge is 0.285 e. The Bertz CT molecular complexity index is 697. The van der Waals surface area contributed by atoms with E-state index >= 15 is 0 Å².